The molecule has 9 heteroatoms. The van der Waals surface area contributed by atoms with Crippen LogP contribution in [0, 0.1) is 0 Å². The lowest BCUT2D eigenvalue weighted by Gasteiger charge is -2.10. The molecule has 0 fully saturated rings. The zero-order valence-corrected chi connectivity index (χ0v) is 17.3. The Labute approximate surface area is 175 Å². The van der Waals surface area contributed by atoms with Gasteiger partial charge in [-0.25, -0.2) is 9.97 Å². The van der Waals surface area contributed by atoms with E-state index in [-0.39, 0.29) is 24.3 Å². The van der Waals surface area contributed by atoms with Gasteiger partial charge in [0.2, 0.25) is 11.8 Å². The van der Waals surface area contributed by atoms with Gasteiger partial charge in [0, 0.05) is 10.3 Å². The Kier molecular flexibility index (Phi) is 5.68. The van der Waals surface area contributed by atoms with Gasteiger partial charge in [0.05, 0.1) is 35.6 Å². The Morgan fingerprint density at radius 3 is 2.72 bits per heavy atom. The molecule has 0 saturated heterocycles. The third-order valence-electron chi connectivity index (χ3n) is 4.25. The van der Waals surface area contributed by atoms with Crippen molar-refractivity contribution in [1.82, 2.24) is 20.3 Å². The minimum absolute atomic E-state index is 0.115. The topological polar surface area (TPSA) is 99.8 Å². The molecule has 3 heterocycles. The van der Waals surface area contributed by atoms with Gasteiger partial charge in [-0.1, -0.05) is 18.2 Å². The molecule has 0 aliphatic heterocycles. The number of para-hydroxylation sites is 2. The molecule has 2 amide bonds. The van der Waals surface area contributed by atoms with Gasteiger partial charge in [-0.15, -0.1) is 22.7 Å². The number of rotatable bonds is 7. The minimum Gasteiger partial charge on any atom is -0.346 e. The Morgan fingerprint density at radius 2 is 1.93 bits per heavy atom. The monoisotopic (exact) mass is 425 g/mol. The largest absolute Gasteiger partial charge is 0.346 e. The first-order chi connectivity index (χ1) is 14.1. The first-order valence-electron chi connectivity index (χ1n) is 9.07. The number of benzene rings is 1. The Bertz CT molecular complexity index is 1100. The molecule has 0 aliphatic carbocycles. The third-order valence-corrected chi connectivity index (χ3v) is 5.93. The van der Waals surface area contributed by atoms with Crippen LogP contribution in [0.3, 0.4) is 0 Å². The van der Waals surface area contributed by atoms with E-state index in [2.05, 4.69) is 25.6 Å². The maximum absolute atomic E-state index is 12.4. The first-order valence-corrected chi connectivity index (χ1v) is 10.8. The summed E-state index contributed by atoms with van der Waals surface area (Å²) in [5.41, 5.74) is 2.42. The van der Waals surface area contributed by atoms with E-state index in [4.69, 9.17) is 0 Å². The van der Waals surface area contributed by atoms with Crippen molar-refractivity contribution in [3.05, 3.63) is 63.6 Å². The summed E-state index contributed by atoms with van der Waals surface area (Å²) < 4.78 is 0. The number of nitrogens with one attached hydrogen (secondary N) is 3. The van der Waals surface area contributed by atoms with Crippen LogP contribution in [0.25, 0.3) is 11.0 Å². The second-order valence-corrected chi connectivity index (χ2v) is 8.44. The van der Waals surface area contributed by atoms with Crippen molar-refractivity contribution in [3.8, 4) is 0 Å². The highest BCUT2D eigenvalue weighted by molar-refractivity contribution is 7.14. The zero-order valence-electron chi connectivity index (χ0n) is 15.6. The number of carbonyl (C=O) groups is 2. The van der Waals surface area contributed by atoms with Crippen LogP contribution in [-0.4, -0.2) is 26.8 Å². The molecule has 4 rings (SSSR count). The molecule has 0 radical (unpaired) electrons. The van der Waals surface area contributed by atoms with Gasteiger partial charge >= 0.3 is 0 Å². The number of aromatic amines is 1. The molecule has 0 spiro atoms. The predicted molar refractivity (Wildman–Crippen MR) is 115 cm³/mol. The number of aromatic nitrogens is 3. The van der Waals surface area contributed by atoms with Crippen LogP contribution in [0.15, 0.2) is 47.2 Å². The van der Waals surface area contributed by atoms with Crippen LogP contribution in [0.5, 0.6) is 0 Å². The normalized spacial score (nSPS) is 12.0. The molecule has 4 aromatic rings. The number of thiophene rings is 1. The Hall–Kier alpha value is -3.04. The van der Waals surface area contributed by atoms with E-state index in [1.54, 1.807) is 16.7 Å². The van der Waals surface area contributed by atoms with Crippen molar-refractivity contribution < 1.29 is 9.59 Å². The molecule has 1 atom stereocenters. The summed E-state index contributed by atoms with van der Waals surface area (Å²) in [6.07, 6.45) is 0.462. The fraction of sp³-hybridized carbons (Fsp3) is 0.200. The van der Waals surface area contributed by atoms with Crippen LogP contribution >= 0.6 is 22.7 Å². The molecule has 0 saturated carbocycles. The number of carbonyl (C=O) groups excluding carboxylic acids is 2. The van der Waals surface area contributed by atoms with Crippen LogP contribution in [-0.2, 0) is 22.4 Å². The van der Waals surface area contributed by atoms with E-state index in [0.29, 0.717) is 23.1 Å². The summed E-state index contributed by atoms with van der Waals surface area (Å²) in [6, 6.07) is 11.3. The maximum Gasteiger partial charge on any atom is 0.231 e. The van der Waals surface area contributed by atoms with Crippen LogP contribution < -0.4 is 10.6 Å². The average molecular weight is 426 g/mol. The summed E-state index contributed by atoms with van der Waals surface area (Å²) in [6.45, 7) is 1.88. The van der Waals surface area contributed by atoms with Crippen molar-refractivity contribution in [2.45, 2.75) is 25.8 Å². The van der Waals surface area contributed by atoms with Crippen molar-refractivity contribution in [2.75, 3.05) is 5.32 Å². The summed E-state index contributed by atoms with van der Waals surface area (Å²) in [5, 5.41) is 9.94. The summed E-state index contributed by atoms with van der Waals surface area (Å²) in [4.78, 5) is 37.5. The minimum atomic E-state index is -0.251. The molecule has 1 unspecified atom stereocenters. The SMILES string of the molecule is CC(NC(=O)Cc1csc(NC(=O)Cc2cccs2)n1)c1nc2ccccc2[nH]1. The van der Waals surface area contributed by atoms with Gasteiger partial charge < -0.3 is 15.6 Å². The molecular formula is C20H19N5O2S2. The third kappa shape index (κ3) is 4.87. The fourth-order valence-electron chi connectivity index (χ4n) is 2.88. The zero-order chi connectivity index (χ0) is 20.2. The lowest BCUT2D eigenvalue weighted by Crippen LogP contribution is -2.28. The van der Waals surface area contributed by atoms with Crippen molar-refractivity contribution >= 4 is 50.7 Å². The van der Waals surface area contributed by atoms with Crippen molar-refractivity contribution in [3.63, 3.8) is 0 Å². The van der Waals surface area contributed by atoms with Crippen molar-refractivity contribution in [1.29, 1.82) is 0 Å². The summed E-state index contributed by atoms with van der Waals surface area (Å²) in [7, 11) is 0. The number of hydrogen-bond donors (Lipinski definition) is 3. The van der Waals surface area contributed by atoms with E-state index < -0.39 is 0 Å². The molecule has 7 nitrogen and oxygen atoms in total. The van der Waals surface area contributed by atoms with E-state index in [9.17, 15) is 9.59 Å². The molecule has 3 N–H and O–H groups in total. The summed E-state index contributed by atoms with van der Waals surface area (Å²) >= 11 is 2.85. The molecule has 0 aliphatic rings. The van der Waals surface area contributed by atoms with Gasteiger partial charge in [0.25, 0.3) is 0 Å². The van der Waals surface area contributed by atoms with E-state index in [1.165, 1.54) is 11.3 Å². The molecule has 1 aromatic carbocycles. The number of thiazole rings is 1. The highest BCUT2D eigenvalue weighted by atomic mass is 32.1. The predicted octanol–water partition coefficient (Wildman–Crippen LogP) is 3.68. The van der Waals surface area contributed by atoms with Crippen LogP contribution in [0.4, 0.5) is 5.13 Å². The summed E-state index contributed by atoms with van der Waals surface area (Å²) in [5.74, 6) is 0.440. The van der Waals surface area contributed by atoms with Gasteiger partial charge in [-0.05, 0) is 30.5 Å². The second-order valence-electron chi connectivity index (χ2n) is 6.55. The molecule has 148 valence electrons. The molecule has 3 aromatic heterocycles. The lowest BCUT2D eigenvalue weighted by molar-refractivity contribution is -0.121. The quantitative estimate of drug-likeness (QED) is 0.420. The Morgan fingerprint density at radius 1 is 1.07 bits per heavy atom. The standard InChI is InChI=1S/C20H19N5O2S2/c1-12(19-23-15-6-2-3-7-16(15)24-19)21-17(26)9-13-11-29-20(22-13)25-18(27)10-14-5-4-8-28-14/h2-8,11-12H,9-10H2,1H3,(H,21,26)(H,23,24)(H,22,25,27). The number of nitrogens with zero attached hydrogens (tertiary/aromatic N) is 2. The van der Waals surface area contributed by atoms with Gasteiger partial charge in [-0.3, -0.25) is 9.59 Å². The lowest BCUT2D eigenvalue weighted by atomic mass is 10.2. The number of hydrogen-bond acceptors (Lipinski definition) is 6. The van der Waals surface area contributed by atoms with E-state index >= 15 is 0 Å². The van der Waals surface area contributed by atoms with Gasteiger partial charge in [0.15, 0.2) is 5.13 Å². The number of imidazole rings is 1. The van der Waals surface area contributed by atoms with E-state index in [0.717, 1.165) is 15.9 Å². The average Bonchev–Trinajstić information content (AvgIpc) is 3.42. The smallest absolute Gasteiger partial charge is 0.231 e. The highest BCUT2D eigenvalue weighted by Gasteiger charge is 2.15. The Balaban J connectivity index is 1.31. The second kappa shape index (κ2) is 8.54. The van der Waals surface area contributed by atoms with Gasteiger partial charge in [-0.2, -0.15) is 0 Å². The van der Waals surface area contributed by atoms with Crippen molar-refractivity contribution in [2.24, 2.45) is 0 Å². The number of anilines is 1. The first kappa shape index (κ1) is 19.3. The number of fused-ring (bicyclic) bond motifs is 1. The maximum atomic E-state index is 12.4. The number of H-pyrrole nitrogens is 1. The number of amides is 2. The fourth-order valence-corrected chi connectivity index (χ4v) is 4.31. The molecular weight excluding hydrogens is 406 g/mol. The molecule has 0 bridgehead atoms. The molecule has 29 heavy (non-hydrogen) atoms. The van der Waals surface area contributed by atoms with Gasteiger partial charge in [0.1, 0.15) is 5.82 Å². The van der Waals surface area contributed by atoms with E-state index in [1.807, 2.05) is 48.7 Å². The van der Waals surface area contributed by atoms with Crippen LogP contribution in [0.1, 0.15) is 29.4 Å². The van der Waals surface area contributed by atoms with Crippen LogP contribution in [0.2, 0.25) is 0 Å². The highest BCUT2D eigenvalue weighted by Crippen LogP contribution is 2.18.